The van der Waals surface area contributed by atoms with Gasteiger partial charge in [0.2, 0.25) is 0 Å². The highest BCUT2D eigenvalue weighted by Gasteiger charge is 2.28. The number of rotatable bonds is 1. The molecule has 0 saturated carbocycles. The maximum absolute atomic E-state index is 14.6. The molecule has 1 heterocycles. The van der Waals surface area contributed by atoms with Crippen LogP contribution in [-0.4, -0.2) is 0 Å². The predicted octanol–water partition coefficient (Wildman–Crippen LogP) is 5.49. The second-order valence-electron chi connectivity index (χ2n) is 4.68. The zero-order chi connectivity index (χ0) is 14.3. The van der Waals surface area contributed by atoms with Crippen LogP contribution < -0.4 is 4.90 Å². The summed E-state index contributed by atoms with van der Waals surface area (Å²) in [6.45, 7) is 5.85. The molecule has 2 aromatic rings. The Morgan fingerprint density at radius 1 is 1.05 bits per heavy atom. The van der Waals surface area contributed by atoms with Gasteiger partial charge in [0.15, 0.2) is 5.83 Å². The Labute approximate surface area is 122 Å². The molecule has 0 amide bonds. The van der Waals surface area contributed by atoms with Crippen LogP contribution in [0.4, 0.5) is 10.1 Å². The number of halogens is 2. The summed E-state index contributed by atoms with van der Waals surface area (Å²) in [5, 5.41) is 0.510. The molecule has 0 saturated heterocycles. The van der Waals surface area contributed by atoms with Gasteiger partial charge in [0.1, 0.15) is 0 Å². The van der Waals surface area contributed by atoms with Crippen LogP contribution in [0.1, 0.15) is 18.1 Å². The van der Waals surface area contributed by atoms with Crippen molar-refractivity contribution >= 4 is 28.8 Å². The van der Waals surface area contributed by atoms with E-state index in [-0.39, 0.29) is 5.83 Å². The van der Waals surface area contributed by atoms with Gasteiger partial charge in [0.25, 0.3) is 0 Å². The van der Waals surface area contributed by atoms with Gasteiger partial charge in [-0.15, -0.1) is 0 Å². The molecular formula is C17H13ClFN. The van der Waals surface area contributed by atoms with E-state index in [9.17, 15) is 4.39 Å². The number of fused-ring (bicyclic) bond motifs is 1. The van der Waals surface area contributed by atoms with Crippen molar-refractivity contribution in [3.63, 3.8) is 0 Å². The van der Waals surface area contributed by atoms with E-state index >= 15 is 0 Å². The van der Waals surface area contributed by atoms with Gasteiger partial charge in [-0.25, -0.2) is 4.39 Å². The first-order valence-electron chi connectivity index (χ1n) is 6.31. The van der Waals surface area contributed by atoms with E-state index in [1.165, 1.54) is 0 Å². The largest absolute Gasteiger partial charge is 0.311 e. The second-order valence-corrected chi connectivity index (χ2v) is 5.09. The fraction of sp³-hybridized carbons (Fsp3) is 0.0588. The maximum atomic E-state index is 14.6. The molecule has 20 heavy (non-hydrogen) atoms. The van der Waals surface area contributed by atoms with Gasteiger partial charge in [-0.1, -0.05) is 48.5 Å². The van der Waals surface area contributed by atoms with Crippen LogP contribution in [0.2, 0.25) is 5.02 Å². The molecular weight excluding hydrogens is 273 g/mol. The van der Waals surface area contributed by atoms with E-state index in [4.69, 9.17) is 11.6 Å². The third kappa shape index (κ3) is 1.84. The molecule has 1 nitrogen and oxygen atoms in total. The molecule has 0 bridgehead atoms. The van der Waals surface area contributed by atoms with Gasteiger partial charge in [-0.05, 0) is 25.1 Å². The molecule has 0 unspecified atom stereocenters. The van der Waals surface area contributed by atoms with Gasteiger partial charge in [-0.3, -0.25) is 0 Å². The normalized spacial score (nSPS) is 14.6. The van der Waals surface area contributed by atoms with Crippen molar-refractivity contribution in [1.82, 2.24) is 0 Å². The van der Waals surface area contributed by atoms with E-state index in [2.05, 4.69) is 6.58 Å². The highest BCUT2D eigenvalue weighted by atomic mass is 35.5. The number of hydrogen-bond acceptors (Lipinski definition) is 1. The standard InChI is InChI=1S/C17H13ClFN/c1-11-16-14(9-6-10-15(16)18)17(19)12(2)20(11)13-7-4-3-5-8-13/h3-10H,1H2,2H3. The average molecular weight is 286 g/mol. The molecule has 0 aromatic heterocycles. The lowest BCUT2D eigenvalue weighted by atomic mass is 9.97. The number of nitrogens with zero attached hydrogens (tertiary/aromatic N) is 1. The van der Waals surface area contributed by atoms with Crippen molar-refractivity contribution in [2.45, 2.75) is 6.92 Å². The topological polar surface area (TPSA) is 3.24 Å². The van der Waals surface area contributed by atoms with E-state index in [0.29, 0.717) is 27.5 Å². The van der Waals surface area contributed by atoms with Crippen molar-refractivity contribution in [1.29, 1.82) is 0 Å². The molecule has 0 aliphatic carbocycles. The van der Waals surface area contributed by atoms with Crippen LogP contribution in [0.25, 0.3) is 11.5 Å². The smallest absolute Gasteiger partial charge is 0.150 e. The first-order chi connectivity index (χ1) is 9.61. The lowest BCUT2D eigenvalue weighted by Gasteiger charge is -2.33. The van der Waals surface area contributed by atoms with E-state index < -0.39 is 0 Å². The molecule has 0 spiro atoms. The molecule has 3 rings (SSSR count). The van der Waals surface area contributed by atoms with Crippen molar-refractivity contribution in [2.75, 3.05) is 4.90 Å². The lowest BCUT2D eigenvalue weighted by Crippen LogP contribution is -2.24. The fourth-order valence-electron chi connectivity index (χ4n) is 2.53. The molecule has 0 N–H and O–H groups in total. The Bertz CT molecular complexity index is 719. The van der Waals surface area contributed by atoms with Crippen LogP contribution in [0, 0.1) is 0 Å². The van der Waals surface area contributed by atoms with Gasteiger partial charge in [0.05, 0.1) is 10.7 Å². The fourth-order valence-corrected chi connectivity index (χ4v) is 2.82. The second kappa shape index (κ2) is 4.80. The van der Waals surface area contributed by atoms with Gasteiger partial charge in [-0.2, -0.15) is 0 Å². The van der Waals surface area contributed by atoms with Gasteiger partial charge >= 0.3 is 0 Å². The Morgan fingerprint density at radius 2 is 1.75 bits per heavy atom. The minimum Gasteiger partial charge on any atom is -0.311 e. The summed E-state index contributed by atoms with van der Waals surface area (Å²) in [5.41, 5.74) is 3.25. The van der Waals surface area contributed by atoms with Crippen molar-refractivity contribution in [3.8, 4) is 0 Å². The minimum absolute atomic E-state index is 0.265. The minimum atomic E-state index is -0.265. The molecule has 1 aliphatic heterocycles. The van der Waals surface area contributed by atoms with E-state index in [0.717, 1.165) is 5.69 Å². The molecule has 0 fully saturated rings. The van der Waals surface area contributed by atoms with Crippen LogP contribution in [0.3, 0.4) is 0 Å². The Morgan fingerprint density at radius 3 is 2.45 bits per heavy atom. The van der Waals surface area contributed by atoms with Crippen LogP contribution in [-0.2, 0) is 0 Å². The third-order valence-corrected chi connectivity index (χ3v) is 3.79. The van der Waals surface area contributed by atoms with Crippen molar-refractivity contribution in [3.05, 3.63) is 77.0 Å². The Kier molecular flexibility index (Phi) is 3.11. The molecule has 0 atom stereocenters. The summed E-state index contributed by atoms with van der Waals surface area (Å²) in [7, 11) is 0. The summed E-state index contributed by atoms with van der Waals surface area (Å²) in [6, 6.07) is 14.8. The van der Waals surface area contributed by atoms with Crippen molar-refractivity contribution < 1.29 is 4.39 Å². The molecule has 100 valence electrons. The Balaban J connectivity index is 2.25. The number of anilines is 1. The zero-order valence-electron chi connectivity index (χ0n) is 11.0. The number of allylic oxidation sites excluding steroid dienone is 1. The summed E-state index contributed by atoms with van der Waals surface area (Å²) < 4.78 is 14.6. The summed E-state index contributed by atoms with van der Waals surface area (Å²) in [6.07, 6.45) is 0. The predicted molar refractivity (Wildman–Crippen MR) is 83.1 cm³/mol. The first-order valence-corrected chi connectivity index (χ1v) is 6.69. The number of hydrogen-bond donors (Lipinski definition) is 0. The zero-order valence-corrected chi connectivity index (χ0v) is 11.8. The molecule has 2 aromatic carbocycles. The molecule has 1 aliphatic rings. The van der Waals surface area contributed by atoms with Crippen LogP contribution in [0.15, 0.2) is 60.8 Å². The third-order valence-electron chi connectivity index (χ3n) is 3.48. The average Bonchev–Trinajstić information content (AvgIpc) is 2.46. The molecule has 3 heteroatoms. The monoisotopic (exact) mass is 285 g/mol. The van der Waals surface area contributed by atoms with Crippen LogP contribution >= 0.6 is 11.6 Å². The van der Waals surface area contributed by atoms with Gasteiger partial charge in [0, 0.05) is 22.5 Å². The van der Waals surface area contributed by atoms with Crippen molar-refractivity contribution in [2.24, 2.45) is 0 Å². The van der Waals surface area contributed by atoms with E-state index in [1.54, 1.807) is 30.0 Å². The maximum Gasteiger partial charge on any atom is 0.150 e. The highest BCUT2D eigenvalue weighted by molar-refractivity contribution is 6.33. The summed E-state index contributed by atoms with van der Waals surface area (Å²) in [4.78, 5) is 1.80. The first kappa shape index (κ1) is 12.9. The highest BCUT2D eigenvalue weighted by Crippen LogP contribution is 2.43. The number of para-hydroxylation sites is 1. The SMILES string of the molecule is C=C1c2c(Cl)cccc2C(F)=C(C)N1c1ccccc1. The number of benzene rings is 2. The van der Waals surface area contributed by atoms with E-state index in [1.807, 2.05) is 30.3 Å². The summed E-state index contributed by atoms with van der Waals surface area (Å²) >= 11 is 6.23. The summed E-state index contributed by atoms with van der Waals surface area (Å²) in [5.74, 6) is -0.265. The van der Waals surface area contributed by atoms with Gasteiger partial charge < -0.3 is 4.90 Å². The molecule has 0 radical (unpaired) electrons. The quantitative estimate of drug-likeness (QED) is 0.670. The lowest BCUT2D eigenvalue weighted by molar-refractivity contribution is 0.741. The Hall–Kier alpha value is -2.06. The van der Waals surface area contributed by atoms with Crippen LogP contribution in [0.5, 0.6) is 0 Å².